The number of aromatic nitrogens is 1. The number of rotatable bonds is 9. The maximum atomic E-state index is 5.30. The average Bonchev–Trinajstić information content (AvgIpc) is 2.96. The minimum absolute atomic E-state index is 0.353. The second kappa shape index (κ2) is 9.27. The number of ether oxygens (including phenoxy) is 1. The van der Waals surface area contributed by atoms with Crippen molar-refractivity contribution in [2.75, 3.05) is 33.4 Å². The van der Waals surface area contributed by atoms with Crippen molar-refractivity contribution in [3.63, 3.8) is 0 Å². The van der Waals surface area contributed by atoms with Crippen molar-refractivity contribution in [1.29, 1.82) is 0 Å². The Morgan fingerprint density at radius 3 is 2.78 bits per heavy atom. The van der Waals surface area contributed by atoms with E-state index < -0.39 is 0 Å². The fraction of sp³-hybridized carbons (Fsp3) is 0.591. The molecular formula is C22H34N4O. The predicted octanol–water partition coefficient (Wildman–Crippen LogP) is 3.78. The molecule has 0 radical (unpaired) electrons. The van der Waals surface area contributed by atoms with E-state index in [1.807, 2.05) is 0 Å². The van der Waals surface area contributed by atoms with Crippen molar-refractivity contribution in [2.24, 2.45) is 10.4 Å². The van der Waals surface area contributed by atoms with Gasteiger partial charge in [0.05, 0.1) is 0 Å². The third kappa shape index (κ3) is 4.83. The van der Waals surface area contributed by atoms with Crippen molar-refractivity contribution < 1.29 is 4.74 Å². The molecule has 0 bridgehead atoms. The molecule has 0 amide bonds. The van der Waals surface area contributed by atoms with E-state index >= 15 is 0 Å². The molecular weight excluding hydrogens is 336 g/mol. The molecule has 0 aliphatic heterocycles. The van der Waals surface area contributed by atoms with E-state index in [-0.39, 0.29) is 0 Å². The molecule has 1 saturated carbocycles. The van der Waals surface area contributed by atoms with Crippen LogP contribution in [0.3, 0.4) is 0 Å². The Balaban J connectivity index is 1.58. The number of nitrogens with zero attached hydrogens (tertiary/aromatic N) is 1. The SMILES string of the molecule is CCNC(=NCC1(CCOC)CCC1)NCCc1c(C)[nH]c2ccccc12. The number of aryl methyl sites for hydroxylation is 1. The minimum Gasteiger partial charge on any atom is -0.385 e. The van der Waals surface area contributed by atoms with E-state index in [4.69, 9.17) is 9.73 Å². The van der Waals surface area contributed by atoms with Gasteiger partial charge < -0.3 is 20.4 Å². The number of hydrogen-bond acceptors (Lipinski definition) is 2. The van der Waals surface area contributed by atoms with Gasteiger partial charge in [0.1, 0.15) is 0 Å². The Morgan fingerprint density at radius 1 is 1.26 bits per heavy atom. The van der Waals surface area contributed by atoms with Crippen molar-refractivity contribution in [2.45, 2.75) is 46.0 Å². The van der Waals surface area contributed by atoms with E-state index in [9.17, 15) is 0 Å². The molecule has 5 heteroatoms. The highest BCUT2D eigenvalue weighted by atomic mass is 16.5. The van der Waals surface area contributed by atoms with Gasteiger partial charge >= 0.3 is 0 Å². The number of guanidine groups is 1. The van der Waals surface area contributed by atoms with E-state index in [0.717, 1.165) is 45.0 Å². The summed E-state index contributed by atoms with van der Waals surface area (Å²) in [7, 11) is 1.79. The molecule has 1 aliphatic rings. The zero-order chi connectivity index (χ0) is 19.1. The number of H-pyrrole nitrogens is 1. The number of aliphatic imine (C=N–C) groups is 1. The van der Waals surface area contributed by atoms with Crippen LogP contribution >= 0.6 is 0 Å². The van der Waals surface area contributed by atoms with E-state index in [0.29, 0.717) is 5.41 Å². The number of hydrogen-bond donors (Lipinski definition) is 3. The quantitative estimate of drug-likeness (QED) is 0.465. The molecule has 27 heavy (non-hydrogen) atoms. The number of methoxy groups -OCH3 is 1. The largest absolute Gasteiger partial charge is 0.385 e. The summed E-state index contributed by atoms with van der Waals surface area (Å²) >= 11 is 0. The Kier molecular flexibility index (Phi) is 6.78. The first kappa shape index (κ1) is 19.7. The van der Waals surface area contributed by atoms with E-state index in [1.165, 1.54) is 41.4 Å². The number of nitrogens with one attached hydrogen (secondary N) is 3. The Labute approximate surface area is 163 Å². The highest BCUT2D eigenvalue weighted by Crippen LogP contribution is 2.44. The molecule has 3 N–H and O–H groups in total. The lowest BCUT2D eigenvalue weighted by Gasteiger charge is -2.40. The van der Waals surface area contributed by atoms with Gasteiger partial charge in [-0.1, -0.05) is 24.6 Å². The first-order chi connectivity index (χ1) is 13.2. The zero-order valence-corrected chi connectivity index (χ0v) is 17.0. The second-order valence-electron chi connectivity index (χ2n) is 7.74. The van der Waals surface area contributed by atoms with Gasteiger partial charge in [-0.05, 0) is 56.6 Å². The maximum Gasteiger partial charge on any atom is 0.191 e. The van der Waals surface area contributed by atoms with E-state index in [2.05, 4.69) is 53.7 Å². The number of benzene rings is 1. The van der Waals surface area contributed by atoms with Gasteiger partial charge in [0.25, 0.3) is 0 Å². The lowest BCUT2D eigenvalue weighted by molar-refractivity contribution is 0.0778. The van der Waals surface area contributed by atoms with Crippen LogP contribution in [0.5, 0.6) is 0 Å². The van der Waals surface area contributed by atoms with Gasteiger partial charge in [-0.15, -0.1) is 0 Å². The number of para-hydroxylation sites is 1. The van der Waals surface area contributed by atoms with Crippen LogP contribution in [0.25, 0.3) is 10.9 Å². The predicted molar refractivity (Wildman–Crippen MR) is 113 cm³/mol. The Hall–Kier alpha value is -2.01. The minimum atomic E-state index is 0.353. The summed E-state index contributed by atoms with van der Waals surface area (Å²) in [6, 6.07) is 8.53. The molecule has 1 aromatic carbocycles. The third-order valence-corrected chi connectivity index (χ3v) is 5.86. The summed E-state index contributed by atoms with van der Waals surface area (Å²) < 4.78 is 5.30. The van der Waals surface area contributed by atoms with Crippen LogP contribution in [0.1, 0.15) is 43.9 Å². The van der Waals surface area contributed by atoms with Crippen molar-refractivity contribution >= 4 is 16.9 Å². The van der Waals surface area contributed by atoms with Crippen LogP contribution in [0.4, 0.5) is 0 Å². The van der Waals surface area contributed by atoms with Gasteiger partial charge in [-0.25, -0.2) is 0 Å². The molecule has 1 aromatic heterocycles. The molecule has 0 unspecified atom stereocenters. The first-order valence-electron chi connectivity index (χ1n) is 10.2. The summed E-state index contributed by atoms with van der Waals surface area (Å²) in [6.45, 7) is 7.75. The molecule has 1 heterocycles. The lowest BCUT2D eigenvalue weighted by Crippen LogP contribution is -2.41. The molecule has 5 nitrogen and oxygen atoms in total. The topological polar surface area (TPSA) is 61.4 Å². The normalized spacial score (nSPS) is 16.3. The summed E-state index contributed by atoms with van der Waals surface area (Å²) in [5.74, 6) is 0.929. The molecule has 1 aliphatic carbocycles. The number of aromatic amines is 1. The summed E-state index contributed by atoms with van der Waals surface area (Å²) in [4.78, 5) is 8.38. The first-order valence-corrected chi connectivity index (χ1v) is 10.2. The lowest BCUT2D eigenvalue weighted by atomic mass is 9.67. The molecule has 0 atom stereocenters. The summed E-state index contributed by atoms with van der Waals surface area (Å²) in [5, 5.41) is 8.24. The highest BCUT2D eigenvalue weighted by molar-refractivity contribution is 5.84. The van der Waals surface area contributed by atoms with Crippen molar-refractivity contribution in [3.8, 4) is 0 Å². The van der Waals surface area contributed by atoms with Crippen LogP contribution in [0.2, 0.25) is 0 Å². The third-order valence-electron chi connectivity index (χ3n) is 5.86. The highest BCUT2D eigenvalue weighted by Gasteiger charge is 2.36. The van der Waals surface area contributed by atoms with Crippen molar-refractivity contribution in [1.82, 2.24) is 15.6 Å². The molecule has 1 fully saturated rings. The fourth-order valence-corrected chi connectivity index (χ4v) is 4.03. The zero-order valence-electron chi connectivity index (χ0n) is 17.0. The Bertz CT molecular complexity index is 761. The smallest absolute Gasteiger partial charge is 0.191 e. The molecule has 148 valence electrons. The van der Waals surface area contributed by atoms with Gasteiger partial charge in [-0.3, -0.25) is 4.99 Å². The second-order valence-corrected chi connectivity index (χ2v) is 7.74. The monoisotopic (exact) mass is 370 g/mol. The average molecular weight is 371 g/mol. The van der Waals surface area contributed by atoms with Gasteiger partial charge in [0.2, 0.25) is 0 Å². The molecule has 0 spiro atoms. The molecule has 0 saturated heterocycles. The van der Waals surface area contributed by atoms with Crippen LogP contribution in [-0.4, -0.2) is 44.3 Å². The van der Waals surface area contributed by atoms with E-state index in [1.54, 1.807) is 7.11 Å². The summed E-state index contributed by atoms with van der Waals surface area (Å²) in [6.07, 6.45) is 5.96. The van der Waals surface area contributed by atoms with Crippen LogP contribution < -0.4 is 10.6 Å². The van der Waals surface area contributed by atoms with Crippen LogP contribution in [0, 0.1) is 12.3 Å². The van der Waals surface area contributed by atoms with Gasteiger partial charge in [0, 0.05) is 49.9 Å². The number of fused-ring (bicyclic) bond motifs is 1. The molecule has 3 rings (SSSR count). The van der Waals surface area contributed by atoms with Crippen LogP contribution in [0.15, 0.2) is 29.3 Å². The fourth-order valence-electron chi connectivity index (χ4n) is 4.03. The summed E-state index contributed by atoms with van der Waals surface area (Å²) in [5.41, 5.74) is 4.22. The maximum absolute atomic E-state index is 5.30. The van der Waals surface area contributed by atoms with Crippen molar-refractivity contribution in [3.05, 3.63) is 35.5 Å². The Morgan fingerprint density at radius 2 is 2.07 bits per heavy atom. The molecule has 2 aromatic rings. The van der Waals surface area contributed by atoms with Crippen LogP contribution in [-0.2, 0) is 11.2 Å². The standard InChI is InChI=1S/C22H34N4O/c1-4-23-21(25-16-22(11-7-12-22)13-15-27-3)24-14-10-18-17(2)26-20-9-6-5-8-19(18)20/h5-6,8-9,26H,4,7,10-16H2,1-3H3,(H2,23,24,25). The van der Waals surface area contributed by atoms with Gasteiger partial charge in [-0.2, -0.15) is 0 Å². The van der Waals surface area contributed by atoms with Gasteiger partial charge in [0.15, 0.2) is 5.96 Å².